The van der Waals surface area contributed by atoms with Gasteiger partial charge in [0, 0.05) is 11.1 Å². The first-order valence-electron chi connectivity index (χ1n) is 12.4. The molecule has 0 spiro atoms. The van der Waals surface area contributed by atoms with E-state index in [4.69, 9.17) is 0 Å². The molecule has 2 aliphatic rings. The van der Waals surface area contributed by atoms with Crippen molar-refractivity contribution < 1.29 is 46.5 Å². The van der Waals surface area contributed by atoms with E-state index in [9.17, 15) is 37.8 Å². The van der Waals surface area contributed by atoms with Crippen LogP contribution in [0.25, 0.3) is 0 Å². The summed E-state index contributed by atoms with van der Waals surface area (Å²) in [5.74, 6) is -7.48. The van der Waals surface area contributed by atoms with Crippen LogP contribution >= 0.6 is 0 Å². The van der Waals surface area contributed by atoms with Crippen molar-refractivity contribution >= 4 is 17.7 Å². The van der Waals surface area contributed by atoms with E-state index in [2.05, 4.69) is 5.32 Å². The zero-order valence-electron chi connectivity index (χ0n) is 21.8. The summed E-state index contributed by atoms with van der Waals surface area (Å²) in [7, 11) is 0. The molecule has 4 atom stereocenters. The predicted molar refractivity (Wildman–Crippen MR) is 132 cm³/mol. The van der Waals surface area contributed by atoms with E-state index in [0.717, 1.165) is 6.92 Å². The Morgan fingerprint density at radius 1 is 1.15 bits per heavy atom. The number of alkyl halides is 5. The molecule has 216 valence electrons. The van der Waals surface area contributed by atoms with Crippen molar-refractivity contribution in [1.29, 1.82) is 0 Å². The summed E-state index contributed by atoms with van der Waals surface area (Å²) in [4.78, 5) is 39.6. The molecule has 40 heavy (non-hydrogen) atoms. The highest BCUT2D eigenvalue weighted by atomic mass is 19.4. The van der Waals surface area contributed by atoms with Gasteiger partial charge in [0.25, 0.3) is 17.7 Å². The molecule has 1 unspecified atom stereocenters. The molecule has 4 rings (SSSR count). The second-order valence-corrected chi connectivity index (χ2v) is 10.4. The first-order chi connectivity index (χ1) is 18.5. The minimum absolute atomic E-state index is 0.00748. The number of aliphatic hydroxyl groups excluding tert-OH is 1. The average Bonchev–Trinajstić information content (AvgIpc) is 3.06. The number of amides is 3. The number of carbonyl (C=O) groups excluding carboxylic acids is 3. The van der Waals surface area contributed by atoms with E-state index in [0.29, 0.717) is 16.0 Å². The summed E-state index contributed by atoms with van der Waals surface area (Å²) in [5, 5.41) is 23.7. The number of aryl methyl sites for hydroxylation is 1. The molecule has 0 aliphatic carbocycles. The third-order valence-corrected chi connectivity index (χ3v) is 7.65. The standard InChI is InChI=1S/C27H28F5N3O5/c1-14-9-17(15(2)19(36)10-14)22(38)33-18(11-16-7-5-4-6-8-16)20(37)23(39)34-12-26(28,29)25(3)21(34)24(40)35(25)13-27(30,31)32/h4-10,18,20-21,36-37H,11-13H2,1-3H3,(H,33,38)/t18-,20-,21+,25?/m0/s1. The Bertz CT molecular complexity index is 1340. The number of nitrogens with one attached hydrogen (secondary N) is 1. The van der Waals surface area contributed by atoms with E-state index in [1.807, 2.05) is 0 Å². The van der Waals surface area contributed by atoms with Gasteiger partial charge in [-0.15, -0.1) is 0 Å². The van der Waals surface area contributed by atoms with Crippen LogP contribution in [0.2, 0.25) is 0 Å². The molecule has 2 aromatic rings. The highest BCUT2D eigenvalue weighted by Gasteiger charge is 2.78. The molecule has 0 radical (unpaired) electrons. The quantitative estimate of drug-likeness (QED) is 0.351. The number of rotatable bonds is 7. The molecule has 8 nitrogen and oxygen atoms in total. The third-order valence-electron chi connectivity index (χ3n) is 7.65. The number of β-lactam (4-membered cyclic amide) rings is 1. The first-order valence-corrected chi connectivity index (χ1v) is 12.4. The highest BCUT2D eigenvalue weighted by molar-refractivity contribution is 5.99. The van der Waals surface area contributed by atoms with Crippen LogP contribution in [0.15, 0.2) is 42.5 Å². The number of phenols is 1. The van der Waals surface area contributed by atoms with Crippen LogP contribution in [0.1, 0.15) is 34.0 Å². The van der Waals surface area contributed by atoms with E-state index < -0.39 is 66.6 Å². The molecular weight excluding hydrogens is 541 g/mol. The Labute approximate surface area is 226 Å². The van der Waals surface area contributed by atoms with Gasteiger partial charge >= 0.3 is 6.18 Å². The molecule has 2 saturated heterocycles. The molecule has 0 aromatic heterocycles. The smallest absolute Gasteiger partial charge is 0.406 e. The topological polar surface area (TPSA) is 110 Å². The molecular formula is C27H28F5N3O5. The van der Waals surface area contributed by atoms with Gasteiger partial charge in [-0.3, -0.25) is 14.4 Å². The number of hydrogen-bond donors (Lipinski definition) is 3. The number of phenolic OH excluding ortho intramolecular Hbond substituents is 1. The van der Waals surface area contributed by atoms with Crippen LogP contribution < -0.4 is 5.32 Å². The highest BCUT2D eigenvalue weighted by Crippen LogP contribution is 2.53. The maximum Gasteiger partial charge on any atom is 0.406 e. The van der Waals surface area contributed by atoms with E-state index in [1.54, 1.807) is 37.3 Å². The summed E-state index contributed by atoms with van der Waals surface area (Å²) >= 11 is 0. The minimum Gasteiger partial charge on any atom is -0.508 e. The van der Waals surface area contributed by atoms with Gasteiger partial charge in [0.15, 0.2) is 6.10 Å². The average molecular weight is 570 g/mol. The van der Waals surface area contributed by atoms with Gasteiger partial charge in [-0.1, -0.05) is 30.3 Å². The van der Waals surface area contributed by atoms with Crippen LogP contribution in [0.4, 0.5) is 22.0 Å². The van der Waals surface area contributed by atoms with Crippen molar-refractivity contribution in [2.24, 2.45) is 0 Å². The number of benzene rings is 2. The second kappa shape index (κ2) is 10.0. The van der Waals surface area contributed by atoms with Crippen LogP contribution in [0, 0.1) is 13.8 Å². The summed E-state index contributed by atoms with van der Waals surface area (Å²) in [6.07, 6.45) is -7.20. The monoisotopic (exact) mass is 569 g/mol. The molecule has 2 fully saturated rings. The number of fused-ring (bicyclic) bond motifs is 1. The molecule has 0 bridgehead atoms. The number of carbonyl (C=O) groups is 3. The number of hydrogen-bond acceptors (Lipinski definition) is 5. The lowest BCUT2D eigenvalue weighted by molar-refractivity contribution is -0.220. The molecule has 3 N–H and O–H groups in total. The number of halogens is 5. The van der Waals surface area contributed by atoms with Crippen molar-refractivity contribution in [2.45, 2.75) is 63.0 Å². The minimum atomic E-state index is -4.94. The first kappa shape index (κ1) is 29.2. The zero-order chi connectivity index (χ0) is 29.8. The van der Waals surface area contributed by atoms with E-state index in [1.165, 1.54) is 19.1 Å². The zero-order valence-corrected chi connectivity index (χ0v) is 21.8. The van der Waals surface area contributed by atoms with Crippen LogP contribution in [0.3, 0.4) is 0 Å². The molecule has 2 heterocycles. The van der Waals surface area contributed by atoms with E-state index in [-0.39, 0.29) is 28.2 Å². The Balaban J connectivity index is 1.63. The molecule has 0 saturated carbocycles. The Morgan fingerprint density at radius 3 is 2.38 bits per heavy atom. The van der Waals surface area contributed by atoms with Crippen molar-refractivity contribution in [3.63, 3.8) is 0 Å². The maximum absolute atomic E-state index is 15.1. The number of nitrogens with zero attached hydrogens (tertiary/aromatic N) is 2. The van der Waals surface area contributed by atoms with Crippen molar-refractivity contribution in [3.05, 3.63) is 64.7 Å². The molecule has 3 amide bonds. The summed E-state index contributed by atoms with van der Waals surface area (Å²) in [6, 6.07) is 7.94. The Kier molecular flexibility index (Phi) is 7.33. The third kappa shape index (κ3) is 4.98. The number of aromatic hydroxyl groups is 1. The van der Waals surface area contributed by atoms with Gasteiger partial charge in [0.05, 0.1) is 12.6 Å². The van der Waals surface area contributed by atoms with Crippen molar-refractivity contribution in [3.8, 4) is 5.75 Å². The van der Waals surface area contributed by atoms with Crippen molar-refractivity contribution in [2.75, 3.05) is 13.1 Å². The summed E-state index contributed by atoms with van der Waals surface area (Å²) in [6.45, 7) is 0.605. The largest absolute Gasteiger partial charge is 0.508 e. The van der Waals surface area contributed by atoms with Gasteiger partial charge in [0.1, 0.15) is 23.9 Å². The SMILES string of the molecule is Cc1cc(O)c(C)c(C(=O)N[C@@H](Cc2ccccc2)[C@H](O)C(=O)N2CC(F)(F)C3(C)[C@H]2C(=O)N3CC(F)(F)F)c1. The van der Waals surface area contributed by atoms with Crippen LogP contribution in [-0.4, -0.2) is 86.6 Å². The Morgan fingerprint density at radius 2 is 1.77 bits per heavy atom. The molecule has 2 aliphatic heterocycles. The fourth-order valence-corrected chi connectivity index (χ4v) is 5.40. The lowest BCUT2D eigenvalue weighted by Crippen LogP contribution is -2.79. The number of aliphatic hydroxyl groups is 1. The fourth-order valence-electron chi connectivity index (χ4n) is 5.40. The summed E-state index contributed by atoms with van der Waals surface area (Å²) in [5.41, 5.74) is -1.23. The number of likely N-dealkylation sites (tertiary alicyclic amines) is 2. The van der Waals surface area contributed by atoms with Crippen molar-refractivity contribution in [1.82, 2.24) is 15.1 Å². The van der Waals surface area contributed by atoms with Gasteiger partial charge in [-0.25, -0.2) is 8.78 Å². The Hall–Kier alpha value is -3.74. The van der Waals surface area contributed by atoms with Crippen LogP contribution in [-0.2, 0) is 16.0 Å². The molecule has 2 aromatic carbocycles. The van der Waals surface area contributed by atoms with Gasteiger partial charge in [-0.05, 0) is 50.5 Å². The normalized spacial score (nSPS) is 23.3. The van der Waals surface area contributed by atoms with Gasteiger partial charge in [-0.2, -0.15) is 13.2 Å². The van der Waals surface area contributed by atoms with Crippen LogP contribution in [0.5, 0.6) is 5.75 Å². The predicted octanol–water partition coefficient (Wildman–Crippen LogP) is 2.72. The summed E-state index contributed by atoms with van der Waals surface area (Å²) < 4.78 is 69.1. The van der Waals surface area contributed by atoms with E-state index >= 15 is 8.78 Å². The van der Waals surface area contributed by atoms with Gasteiger partial charge < -0.3 is 25.3 Å². The fraction of sp³-hybridized carbons (Fsp3) is 0.444. The maximum atomic E-state index is 15.1. The molecule has 13 heteroatoms. The lowest BCUT2D eigenvalue weighted by Gasteiger charge is -2.54. The second-order valence-electron chi connectivity index (χ2n) is 10.4. The van der Waals surface area contributed by atoms with Gasteiger partial charge in [0.2, 0.25) is 5.91 Å². The lowest BCUT2D eigenvalue weighted by atomic mass is 9.78.